The lowest BCUT2D eigenvalue weighted by Gasteiger charge is -2.22. The molecular formula is C16H22BrFO. The van der Waals surface area contributed by atoms with Crippen LogP contribution in [0.3, 0.4) is 0 Å². The van der Waals surface area contributed by atoms with Crippen LogP contribution in [0.2, 0.25) is 0 Å². The molecule has 0 saturated heterocycles. The van der Waals surface area contributed by atoms with E-state index in [1.807, 2.05) is 0 Å². The Morgan fingerprint density at radius 2 is 2.00 bits per heavy atom. The maximum atomic E-state index is 13.6. The molecule has 106 valence electrons. The molecule has 1 atom stereocenters. The summed E-state index contributed by atoms with van der Waals surface area (Å²) in [5.74, 6) is 0.136. The van der Waals surface area contributed by atoms with Gasteiger partial charge in [0.15, 0.2) is 0 Å². The molecule has 0 heterocycles. The Labute approximate surface area is 123 Å². The van der Waals surface area contributed by atoms with Gasteiger partial charge in [0.25, 0.3) is 0 Å². The molecule has 1 aromatic carbocycles. The average Bonchev–Trinajstić information content (AvgIpc) is 2.20. The van der Waals surface area contributed by atoms with Gasteiger partial charge in [0.05, 0.1) is 0 Å². The van der Waals surface area contributed by atoms with E-state index in [9.17, 15) is 9.18 Å². The van der Waals surface area contributed by atoms with Gasteiger partial charge in [-0.25, -0.2) is 4.39 Å². The number of rotatable bonds is 5. The highest BCUT2D eigenvalue weighted by molar-refractivity contribution is 9.10. The molecule has 0 fully saturated rings. The minimum atomic E-state index is -0.306. The van der Waals surface area contributed by atoms with Crippen molar-refractivity contribution in [2.24, 2.45) is 11.3 Å². The zero-order valence-corrected chi connectivity index (χ0v) is 13.7. The van der Waals surface area contributed by atoms with Crippen LogP contribution in [0.15, 0.2) is 22.7 Å². The molecule has 0 amide bonds. The first-order valence-corrected chi connectivity index (χ1v) is 7.42. The quantitative estimate of drug-likeness (QED) is 0.729. The van der Waals surface area contributed by atoms with E-state index < -0.39 is 0 Å². The molecule has 0 aliphatic carbocycles. The van der Waals surface area contributed by atoms with Gasteiger partial charge in [-0.05, 0) is 41.5 Å². The monoisotopic (exact) mass is 328 g/mol. The third kappa shape index (κ3) is 6.33. The molecular weight excluding hydrogens is 307 g/mol. The van der Waals surface area contributed by atoms with Gasteiger partial charge < -0.3 is 0 Å². The molecule has 1 rings (SSSR count). The number of carbonyl (C=O) groups is 1. The fourth-order valence-corrected chi connectivity index (χ4v) is 2.88. The van der Waals surface area contributed by atoms with Gasteiger partial charge in [-0.1, -0.05) is 43.6 Å². The molecule has 1 aromatic rings. The van der Waals surface area contributed by atoms with Gasteiger partial charge in [-0.3, -0.25) is 4.79 Å². The number of Topliss-reactive ketones (excluding diaryl/α,β-unsaturated/α-hetero) is 1. The highest BCUT2D eigenvalue weighted by Gasteiger charge is 2.18. The Bertz CT molecular complexity index is 449. The second-order valence-electron chi connectivity index (χ2n) is 6.53. The van der Waals surface area contributed by atoms with E-state index in [4.69, 9.17) is 0 Å². The van der Waals surface area contributed by atoms with Gasteiger partial charge in [0.1, 0.15) is 11.6 Å². The van der Waals surface area contributed by atoms with Crippen LogP contribution in [0.5, 0.6) is 0 Å². The SMILES string of the molecule is CC(CC(=O)Cc1cc(Br)ccc1F)CC(C)(C)C. The molecule has 0 aromatic heterocycles. The fourth-order valence-electron chi connectivity index (χ4n) is 2.47. The van der Waals surface area contributed by atoms with Crippen molar-refractivity contribution in [1.82, 2.24) is 0 Å². The topological polar surface area (TPSA) is 17.1 Å². The summed E-state index contributed by atoms with van der Waals surface area (Å²) in [5, 5.41) is 0. The van der Waals surface area contributed by atoms with Crippen LogP contribution in [0.1, 0.15) is 46.1 Å². The average molecular weight is 329 g/mol. The maximum absolute atomic E-state index is 13.6. The summed E-state index contributed by atoms with van der Waals surface area (Å²) in [4.78, 5) is 12.0. The van der Waals surface area contributed by atoms with Gasteiger partial charge >= 0.3 is 0 Å². The minimum Gasteiger partial charge on any atom is -0.299 e. The third-order valence-corrected chi connectivity index (χ3v) is 3.43. The van der Waals surface area contributed by atoms with Crippen LogP contribution in [0.25, 0.3) is 0 Å². The number of benzene rings is 1. The lowest BCUT2D eigenvalue weighted by atomic mass is 9.83. The van der Waals surface area contributed by atoms with Crippen LogP contribution >= 0.6 is 15.9 Å². The van der Waals surface area contributed by atoms with Crippen LogP contribution in [0.4, 0.5) is 4.39 Å². The van der Waals surface area contributed by atoms with E-state index in [2.05, 4.69) is 43.6 Å². The zero-order valence-electron chi connectivity index (χ0n) is 12.1. The second kappa shape index (κ2) is 6.65. The summed E-state index contributed by atoms with van der Waals surface area (Å²) >= 11 is 3.30. The number of ketones is 1. The molecule has 0 spiro atoms. The molecule has 19 heavy (non-hydrogen) atoms. The number of hydrogen-bond acceptors (Lipinski definition) is 1. The Morgan fingerprint density at radius 3 is 2.58 bits per heavy atom. The van der Waals surface area contributed by atoms with E-state index in [0.29, 0.717) is 17.9 Å². The summed E-state index contributed by atoms with van der Waals surface area (Å²) in [6, 6.07) is 4.72. The zero-order chi connectivity index (χ0) is 14.6. The standard InChI is InChI=1S/C16H22BrFO/c1-11(10-16(2,3)4)7-14(19)9-12-8-13(17)5-6-15(12)18/h5-6,8,11H,7,9-10H2,1-4H3. The Morgan fingerprint density at radius 1 is 1.37 bits per heavy atom. The van der Waals surface area contributed by atoms with Gasteiger partial charge in [0, 0.05) is 17.3 Å². The summed E-state index contributed by atoms with van der Waals surface area (Å²) in [5.41, 5.74) is 0.697. The van der Waals surface area contributed by atoms with E-state index in [1.165, 1.54) is 6.07 Å². The van der Waals surface area contributed by atoms with Crippen molar-refractivity contribution in [1.29, 1.82) is 0 Å². The van der Waals surface area contributed by atoms with E-state index in [-0.39, 0.29) is 23.4 Å². The first-order valence-electron chi connectivity index (χ1n) is 6.63. The van der Waals surface area contributed by atoms with Gasteiger partial charge in [-0.15, -0.1) is 0 Å². The first-order chi connectivity index (χ1) is 8.67. The molecule has 1 nitrogen and oxygen atoms in total. The van der Waals surface area contributed by atoms with E-state index in [1.54, 1.807) is 12.1 Å². The number of carbonyl (C=O) groups excluding carboxylic acids is 1. The predicted molar refractivity (Wildman–Crippen MR) is 80.7 cm³/mol. The van der Waals surface area contributed by atoms with Crippen molar-refractivity contribution in [2.45, 2.75) is 47.0 Å². The molecule has 0 bridgehead atoms. The van der Waals surface area contributed by atoms with Crippen molar-refractivity contribution in [3.8, 4) is 0 Å². The smallest absolute Gasteiger partial charge is 0.137 e. The Balaban J connectivity index is 2.58. The highest BCUT2D eigenvalue weighted by atomic mass is 79.9. The summed E-state index contributed by atoms with van der Waals surface area (Å²) in [6.07, 6.45) is 1.70. The Kier molecular flexibility index (Phi) is 5.72. The highest BCUT2D eigenvalue weighted by Crippen LogP contribution is 2.26. The van der Waals surface area contributed by atoms with Crippen LogP contribution in [-0.2, 0) is 11.2 Å². The van der Waals surface area contributed by atoms with Crippen molar-refractivity contribution in [2.75, 3.05) is 0 Å². The summed E-state index contributed by atoms with van der Waals surface area (Å²) in [6.45, 7) is 8.59. The second-order valence-corrected chi connectivity index (χ2v) is 7.44. The van der Waals surface area contributed by atoms with Crippen molar-refractivity contribution in [3.63, 3.8) is 0 Å². The fraction of sp³-hybridized carbons (Fsp3) is 0.562. The van der Waals surface area contributed by atoms with Crippen LogP contribution in [-0.4, -0.2) is 5.78 Å². The van der Waals surface area contributed by atoms with Gasteiger partial charge in [-0.2, -0.15) is 0 Å². The van der Waals surface area contributed by atoms with Crippen molar-refractivity contribution >= 4 is 21.7 Å². The minimum absolute atomic E-state index is 0.105. The lowest BCUT2D eigenvalue weighted by Crippen LogP contribution is -2.15. The lowest BCUT2D eigenvalue weighted by molar-refractivity contribution is -0.119. The van der Waals surface area contributed by atoms with Crippen molar-refractivity contribution in [3.05, 3.63) is 34.1 Å². The van der Waals surface area contributed by atoms with Crippen molar-refractivity contribution < 1.29 is 9.18 Å². The Hall–Kier alpha value is -0.700. The molecule has 0 aliphatic rings. The molecule has 1 unspecified atom stereocenters. The predicted octanol–water partition coefficient (Wildman–Crippen LogP) is 5.16. The number of halogens is 2. The molecule has 3 heteroatoms. The first kappa shape index (κ1) is 16.4. The van der Waals surface area contributed by atoms with Crippen LogP contribution < -0.4 is 0 Å². The largest absolute Gasteiger partial charge is 0.299 e. The maximum Gasteiger partial charge on any atom is 0.137 e. The molecule has 0 aliphatic heterocycles. The number of hydrogen-bond donors (Lipinski definition) is 0. The molecule has 0 N–H and O–H groups in total. The van der Waals surface area contributed by atoms with E-state index in [0.717, 1.165) is 10.9 Å². The third-order valence-electron chi connectivity index (χ3n) is 2.93. The van der Waals surface area contributed by atoms with Gasteiger partial charge in [0.2, 0.25) is 0 Å². The van der Waals surface area contributed by atoms with Crippen LogP contribution in [0, 0.1) is 17.2 Å². The summed E-state index contributed by atoms with van der Waals surface area (Å²) in [7, 11) is 0. The molecule has 0 saturated carbocycles. The summed E-state index contributed by atoms with van der Waals surface area (Å²) < 4.78 is 14.4. The normalized spacial score (nSPS) is 13.4. The van der Waals surface area contributed by atoms with E-state index >= 15 is 0 Å². The molecule has 0 radical (unpaired) electrons.